The lowest BCUT2D eigenvalue weighted by Crippen LogP contribution is -2.29. The van der Waals surface area contributed by atoms with Crippen LogP contribution < -0.4 is 20.1 Å². The van der Waals surface area contributed by atoms with E-state index in [1.54, 1.807) is 38.1 Å². The number of thioether (sulfide) groups is 1. The van der Waals surface area contributed by atoms with Gasteiger partial charge >= 0.3 is 0 Å². The van der Waals surface area contributed by atoms with Gasteiger partial charge in [0.2, 0.25) is 12.7 Å². The van der Waals surface area contributed by atoms with Crippen LogP contribution in [-0.2, 0) is 11.3 Å². The molecular weight excluding hydrogens is 461 g/mol. The van der Waals surface area contributed by atoms with Crippen LogP contribution in [-0.4, -0.2) is 38.6 Å². The number of amides is 2. The minimum atomic E-state index is -0.595. The molecule has 4 rings (SSSR count). The van der Waals surface area contributed by atoms with Gasteiger partial charge in [-0.3, -0.25) is 9.59 Å². The summed E-state index contributed by atoms with van der Waals surface area (Å²) < 4.78 is 26.4. The van der Waals surface area contributed by atoms with Gasteiger partial charge in [0, 0.05) is 18.3 Å². The van der Waals surface area contributed by atoms with Crippen molar-refractivity contribution >= 4 is 29.3 Å². The Balaban J connectivity index is 1.41. The minimum absolute atomic E-state index is 0.0414. The number of nitrogens with one attached hydrogen (secondary N) is 2. The van der Waals surface area contributed by atoms with Gasteiger partial charge < -0.3 is 24.7 Å². The number of fused-ring (bicyclic) bond motifs is 1. The molecule has 34 heavy (non-hydrogen) atoms. The van der Waals surface area contributed by atoms with E-state index < -0.39 is 23.0 Å². The number of carbonyl (C=O) groups is 2. The smallest absolute Gasteiger partial charge is 0.254 e. The average molecular weight is 486 g/mol. The number of aromatic nitrogens is 3. The Kier molecular flexibility index (Phi) is 7.01. The SMILES string of the molecule is CCn1c(S[C@@H](C)C(=O)Nc2ccc3c(c2)OCO3)nnc1[C@H](C)NC(=O)c1ccccc1F. The van der Waals surface area contributed by atoms with E-state index in [2.05, 4.69) is 20.8 Å². The Hall–Kier alpha value is -3.60. The van der Waals surface area contributed by atoms with Crippen LogP contribution >= 0.6 is 11.8 Å². The topological polar surface area (TPSA) is 107 Å². The highest BCUT2D eigenvalue weighted by Gasteiger charge is 2.24. The Labute approximate surface area is 200 Å². The lowest BCUT2D eigenvalue weighted by atomic mass is 10.2. The van der Waals surface area contributed by atoms with Gasteiger partial charge in [0.25, 0.3) is 5.91 Å². The van der Waals surface area contributed by atoms with Crippen molar-refractivity contribution in [2.45, 2.75) is 43.8 Å². The van der Waals surface area contributed by atoms with E-state index in [1.165, 1.54) is 30.0 Å². The third-order valence-corrected chi connectivity index (χ3v) is 6.29. The number of ether oxygens (including phenoxy) is 2. The maximum atomic E-state index is 13.9. The first-order valence-electron chi connectivity index (χ1n) is 10.7. The first-order valence-corrected chi connectivity index (χ1v) is 11.6. The number of carbonyl (C=O) groups excluding carboxylic acids is 2. The summed E-state index contributed by atoms with van der Waals surface area (Å²) in [5.41, 5.74) is 0.559. The molecule has 1 aliphatic heterocycles. The maximum absolute atomic E-state index is 13.9. The summed E-state index contributed by atoms with van der Waals surface area (Å²) in [6.45, 7) is 6.12. The van der Waals surface area contributed by atoms with Crippen LogP contribution in [0.1, 0.15) is 43.0 Å². The van der Waals surface area contributed by atoms with Crippen molar-refractivity contribution < 1.29 is 23.5 Å². The summed E-state index contributed by atoms with van der Waals surface area (Å²) in [5.74, 6) is 0.389. The second-order valence-corrected chi connectivity index (χ2v) is 8.89. The lowest BCUT2D eigenvalue weighted by molar-refractivity contribution is -0.115. The van der Waals surface area contributed by atoms with E-state index in [1.807, 2.05) is 11.5 Å². The molecule has 0 spiro atoms. The number of halogens is 1. The molecule has 178 valence electrons. The highest BCUT2D eigenvalue weighted by molar-refractivity contribution is 8.00. The fourth-order valence-electron chi connectivity index (χ4n) is 3.42. The molecule has 0 fully saturated rings. The largest absolute Gasteiger partial charge is 0.454 e. The second kappa shape index (κ2) is 10.1. The molecule has 3 aromatic rings. The van der Waals surface area contributed by atoms with Crippen molar-refractivity contribution in [2.75, 3.05) is 12.1 Å². The molecule has 0 saturated carbocycles. The number of benzene rings is 2. The Morgan fingerprint density at radius 1 is 1.15 bits per heavy atom. The van der Waals surface area contributed by atoms with Gasteiger partial charge in [-0.2, -0.15) is 0 Å². The summed E-state index contributed by atoms with van der Waals surface area (Å²) in [7, 11) is 0. The summed E-state index contributed by atoms with van der Waals surface area (Å²) in [4.78, 5) is 25.2. The molecule has 9 nitrogen and oxygen atoms in total. The first kappa shape index (κ1) is 23.6. The van der Waals surface area contributed by atoms with Crippen LogP contribution in [0.3, 0.4) is 0 Å². The highest BCUT2D eigenvalue weighted by Crippen LogP contribution is 2.34. The molecule has 0 saturated heterocycles. The molecule has 2 atom stereocenters. The summed E-state index contributed by atoms with van der Waals surface area (Å²) >= 11 is 1.25. The number of anilines is 1. The first-order chi connectivity index (χ1) is 16.4. The fraction of sp³-hybridized carbons (Fsp3) is 0.304. The number of hydrogen-bond donors (Lipinski definition) is 2. The van der Waals surface area contributed by atoms with Crippen LogP contribution in [0.5, 0.6) is 11.5 Å². The molecule has 2 aromatic carbocycles. The normalized spacial score (nSPS) is 13.9. The fourth-order valence-corrected chi connectivity index (χ4v) is 4.34. The molecule has 0 radical (unpaired) electrons. The third kappa shape index (κ3) is 4.98. The summed E-state index contributed by atoms with van der Waals surface area (Å²) in [6.07, 6.45) is 0. The van der Waals surface area contributed by atoms with Gasteiger partial charge in [-0.1, -0.05) is 23.9 Å². The van der Waals surface area contributed by atoms with E-state index in [0.29, 0.717) is 34.7 Å². The monoisotopic (exact) mass is 485 g/mol. The predicted molar refractivity (Wildman–Crippen MR) is 124 cm³/mol. The predicted octanol–water partition coefficient (Wildman–Crippen LogP) is 3.78. The molecule has 2 heterocycles. The van der Waals surface area contributed by atoms with Gasteiger partial charge in [-0.05, 0) is 45.0 Å². The van der Waals surface area contributed by atoms with Crippen molar-refractivity contribution in [1.82, 2.24) is 20.1 Å². The lowest BCUT2D eigenvalue weighted by Gasteiger charge is -2.16. The van der Waals surface area contributed by atoms with E-state index in [4.69, 9.17) is 9.47 Å². The zero-order chi connectivity index (χ0) is 24.2. The zero-order valence-corrected chi connectivity index (χ0v) is 19.7. The van der Waals surface area contributed by atoms with Crippen molar-refractivity contribution in [3.63, 3.8) is 0 Å². The third-order valence-electron chi connectivity index (χ3n) is 5.21. The van der Waals surface area contributed by atoms with Crippen LogP contribution in [0.2, 0.25) is 0 Å². The van der Waals surface area contributed by atoms with Gasteiger partial charge in [0.05, 0.1) is 16.9 Å². The Bertz CT molecular complexity index is 1220. The van der Waals surface area contributed by atoms with Crippen LogP contribution in [0.25, 0.3) is 0 Å². The van der Waals surface area contributed by atoms with E-state index in [-0.39, 0.29) is 18.3 Å². The molecule has 2 N–H and O–H groups in total. The summed E-state index contributed by atoms with van der Waals surface area (Å²) in [6, 6.07) is 10.5. The Morgan fingerprint density at radius 2 is 1.91 bits per heavy atom. The van der Waals surface area contributed by atoms with Crippen LogP contribution in [0.15, 0.2) is 47.6 Å². The van der Waals surface area contributed by atoms with Gasteiger partial charge in [0.15, 0.2) is 22.5 Å². The van der Waals surface area contributed by atoms with Crippen molar-refractivity contribution in [1.29, 1.82) is 0 Å². The maximum Gasteiger partial charge on any atom is 0.254 e. The quantitative estimate of drug-likeness (QED) is 0.468. The summed E-state index contributed by atoms with van der Waals surface area (Å²) in [5, 5.41) is 14.1. The number of nitrogens with zero attached hydrogens (tertiary/aromatic N) is 3. The van der Waals surface area contributed by atoms with E-state index in [9.17, 15) is 14.0 Å². The average Bonchev–Trinajstić information content (AvgIpc) is 3.45. The van der Waals surface area contributed by atoms with E-state index in [0.717, 1.165) is 0 Å². The van der Waals surface area contributed by atoms with Crippen LogP contribution in [0.4, 0.5) is 10.1 Å². The minimum Gasteiger partial charge on any atom is -0.454 e. The molecule has 2 amide bonds. The number of hydrogen-bond acceptors (Lipinski definition) is 7. The van der Waals surface area contributed by atoms with Crippen molar-refractivity contribution in [3.05, 3.63) is 59.7 Å². The molecule has 1 aromatic heterocycles. The van der Waals surface area contributed by atoms with Gasteiger partial charge in [-0.15, -0.1) is 10.2 Å². The molecular formula is C23H24FN5O4S. The molecule has 11 heteroatoms. The second-order valence-electron chi connectivity index (χ2n) is 7.58. The molecule has 0 bridgehead atoms. The van der Waals surface area contributed by atoms with Gasteiger partial charge in [-0.25, -0.2) is 4.39 Å². The van der Waals surface area contributed by atoms with E-state index >= 15 is 0 Å². The highest BCUT2D eigenvalue weighted by atomic mass is 32.2. The number of rotatable bonds is 8. The van der Waals surface area contributed by atoms with Gasteiger partial charge in [0.1, 0.15) is 5.82 Å². The molecule has 0 unspecified atom stereocenters. The van der Waals surface area contributed by atoms with Crippen molar-refractivity contribution in [2.24, 2.45) is 0 Å². The zero-order valence-electron chi connectivity index (χ0n) is 18.9. The van der Waals surface area contributed by atoms with Crippen LogP contribution in [0, 0.1) is 5.82 Å². The molecule has 0 aliphatic carbocycles. The van der Waals surface area contributed by atoms with Crippen molar-refractivity contribution in [3.8, 4) is 11.5 Å². The Morgan fingerprint density at radius 3 is 2.68 bits per heavy atom. The standard InChI is InChI=1S/C23H24FN5O4S/c1-4-29-20(13(2)25-22(31)16-7-5-6-8-17(16)24)27-28-23(29)34-14(3)21(30)26-15-9-10-18-19(11-15)33-12-32-18/h5-11,13-14H,4,12H2,1-3H3,(H,25,31)(H,26,30)/t13-,14-/m0/s1. The molecule has 1 aliphatic rings.